The number of carboxylic acid groups (broad SMARTS) is 1. The molecule has 7 nitrogen and oxygen atoms in total. The molecule has 4 heterocycles. The number of benzene rings is 2. The number of rotatable bonds is 7. The summed E-state index contributed by atoms with van der Waals surface area (Å²) < 4.78 is 12.1. The predicted molar refractivity (Wildman–Crippen MR) is 156 cm³/mol. The van der Waals surface area contributed by atoms with Crippen LogP contribution in [0.15, 0.2) is 48.5 Å². The van der Waals surface area contributed by atoms with Crippen molar-refractivity contribution in [2.75, 3.05) is 31.2 Å². The Kier molecular flexibility index (Phi) is 7.76. The zero-order valence-corrected chi connectivity index (χ0v) is 23.6. The Labute approximate surface area is 236 Å². The van der Waals surface area contributed by atoms with E-state index in [1.54, 1.807) is 0 Å². The Morgan fingerprint density at radius 1 is 1.00 bits per heavy atom. The van der Waals surface area contributed by atoms with Crippen LogP contribution >= 0.6 is 0 Å². The van der Waals surface area contributed by atoms with E-state index in [0.29, 0.717) is 38.6 Å². The summed E-state index contributed by atoms with van der Waals surface area (Å²) in [5.74, 6) is 0.790. The SMILES string of the molecule is Cc1cc(COc2c(C)cccc2-c2cccc(N3CCC(C(=O)O)CC3)n2)cc2c1CN(C1CCOCC1)C2. The van der Waals surface area contributed by atoms with E-state index in [2.05, 4.69) is 54.0 Å². The maximum absolute atomic E-state index is 11.4. The van der Waals surface area contributed by atoms with Crippen LogP contribution in [0.25, 0.3) is 11.3 Å². The molecule has 0 bridgehead atoms. The number of anilines is 1. The van der Waals surface area contributed by atoms with Gasteiger partial charge < -0.3 is 19.5 Å². The zero-order chi connectivity index (χ0) is 27.6. The summed E-state index contributed by atoms with van der Waals surface area (Å²) in [4.78, 5) is 21.2. The van der Waals surface area contributed by atoms with Gasteiger partial charge >= 0.3 is 5.97 Å². The van der Waals surface area contributed by atoms with Gasteiger partial charge in [0.25, 0.3) is 0 Å². The monoisotopic (exact) mass is 541 g/mol. The van der Waals surface area contributed by atoms with Crippen LogP contribution in [0.2, 0.25) is 0 Å². The number of aromatic nitrogens is 1. The van der Waals surface area contributed by atoms with Crippen LogP contribution in [0.3, 0.4) is 0 Å². The van der Waals surface area contributed by atoms with Gasteiger partial charge in [-0.25, -0.2) is 4.98 Å². The Bertz CT molecular complexity index is 1380. The highest BCUT2D eigenvalue weighted by Gasteiger charge is 2.29. The number of piperidine rings is 1. The van der Waals surface area contributed by atoms with E-state index in [-0.39, 0.29) is 5.92 Å². The molecule has 0 atom stereocenters. The van der Waals surface area contributed by atoms with Crippen LogP contribution in [-0.4, -0.2) is 53.3 Å². The zero-order valence-electron chi connectivity index (χ0n) is 23.6. The van der Waals surface area contributed by atoms with Gasteiger partial charge in [0.15, 0.2) is 0 Å². The molecular weight excluding hydrogens is 502 g/mol. The number of aryl methyl sites for hydroxylation is 2. The molecule has 3 aromatic rings. The van der Waals surface area contributed by atoms with Gasteiger partial charge in [-0.1, -0.05) is 30.3 Å². The second kappa shape index (κ2) is 11.6. The summed E-state index contributed by atoms with van der Waals surface area (Å²) in [6, 6.07) is 17.5. The number of hydrogen-bond acceptors (Lipinski definition) is 6. The molecule has 2 aromatic carbocycles. The van der Waals surface area contributed by atoms with Crippen molar-refractivity contribution in [1.82, 2.24) is 9.88 Å². The van der Waals surface area contributed by atoms with Crippen molar-refractivity contribution >= 4 is 11.8 Å². The average molecular weight is 542 g/mol. The summed E-state index contributed by atoms with van der Waals surface area (Å²) in [7, 11) is 0. The summed E-state index contributed by atoms with van der Waals surface area (Å²) in [5, 5.41) is 9.35. The molecule has 210 valence electrons. The first-order valence-electron chi connectivity index (χ1n) is 14.6. The normalized spacial score (nSPS) is 18.6. The number of pyridine rings is 1. The molecule has 7 heteroatoms. The highest BCUT2D eigenvalue weighted by Crippen LogP contribution is 2.35. The molecule has 0 saturated carbocycles. The minimum absolute atomic E-state index is 0.260. The lowest BCUT2D eigenvalue weighted by Gasteiger charge is -2.31. The smallest absolute Gasteiger partial charge is 0.306 e. The van der Waals surface area contributed by atoms with Crippen molar-refractivity contribution in [1.29, 1.82) is 0 Å². The molecular formula is C33H39N3O4. The number of carboxylic acids is 1. The van der Waals surface area contributed by atoms with Crippen molar-refractivity contribution in [2.24, 2.45) is 5.92 Å². The highest BCUT2D eigenvalue weighted by molar-refractivity contribution is 5.71. The third-order valence-corrected chi connectivity index (χ3v) is 8.84. The molecule has 0 spiro atoms. The van der Waals surface area contributed by atoms with Crippen LogP contribution in [0, 0.1) is 19.8 Å². The molecule has 2 fully saturated rings. The summed E-state index contributed by atoms with van der Waals surface area (Å²) in [6.45, 7) is 10.00. The molecule has 6 rings (SSSR count). The van der Waals surface area contributed by atoms with Crippen LogP contribution in [-0.2, 0) is 29.2 Å². The van der Waals surface area contributed by atoms with Crippen LogP contribution in [0.4, 0.5) is 5.82 Å². The van der Waals surface area contributed by atoms with Crippen molar-refractivity contribution in [3.05, 3.63) is 76.3 Å². The summed E-state index contributed by atoms with van der Waals surface area (Å²) >= 11 is 0. The van der Waals surface area contributed by atoms with E-state index in [4.69, 9.17) is 14.5 Å². The van der Waals surface area contributed by atoms with Crippen molar-refractivity contribution in [3.8, 4) is 17.0 Å². The molecule has 0 radical (unpaired) electrons. The molecule has 3 aliphatic rings. The van der Waals surface area contributed by atoms with E-state index in [1.807, 2.05) is 18.2 Å². The van der Waals surface area contributed by atoms with Crippen LogP contribution in [0.5, 0.6) is 5.75 Å². The second-order valence-electron chi connectivity index (χ2n) is 11.5. The van der Waals surface area contributed by atoms with Crippen molar-refractivity contribution in [2.45, 2.75) is 65.3 Å². The number of para-hydroxylation sites is 1. The fourth-order valence-electron chi connectivity index (χ4n) is 6.51. The van der Waals surface area contributed by atoms with Gasteiger partial charge in [0.2, 0.25) is 0 Å². The maximum atomic E-state index is 11.4. The first-order chi connectivity index (χ1) is 19.5. The predicted octanol–water partition coefficient (Wildman–Crippen LogP) is 5.74. The van der Waals surface area contributed by atoms with E-state index in [1.165, 1.54) is 22.3 Å². The van der Waals surface area contributed by atoms with Gasteiger partial charge in [-0.05, 0) is 85.5 Å². The molecule has 3 aliphatic heterocycles. The van der Waals surface area contributed by atoms with Gasteiger partial charge in [-0.15, -0.1) is 0 Å². The molecule has 1 N–H and O–H groups in total. The number of ether oxygens (including phenoxy) is 2. The minimum Gasteiger partial charge on any atom is -0.488 e. The second-order valence-corrected chi connectivity index (χ2v) is 11.5. The van der Waals surface area contributed by atoms with E-state index >= 15 is 0 Å². The Balaban J connectivity index is 1.18. The fraction of sp³-hybridized carbons (Fsp3) is 0.455. The highest BCUT2D eigenvalue weighted by atomic mass is 16.5. The minimum atomic E-state index is -0.696. The van der Waals surface area contributed by atoms with Gasteiger partial charge in [-0.2, -0.15) is 0 Å². The third-order valence-electron chi connectivity index (χ3n) is 8.84. The lowest BCUT2D eigenvalue weighted by Crippen LogP contribution is -2.36. The average Bonchev–Trinajstić information content (AvgIpc) is 3.42. The summed E-state index contributed by atoms with van der Waals surface area (Å²) in [5.41, 5.74) is 8.37. The third kappa shape index (κ3) is 5.58. The van der Waals surface area contributed by atoms with E-state index in [0.717, 1.165) is 67.5 Å². The van der Waals surface area contributed by atoms with Crippen molar-refractivity contribution in [3.63, 3.8) is 0 Å². The lowest BCUT2D eigenvalue weighted by atomic mass is 9.97. The molecule has 40 heavy (non-hydrogen) atoms. The molecule has 0 amide bonds. The number of hydrogen-bond donors (Lipinski definition) is 1. The van der Waals surface area contributed by atoms with Crippen LogP contribution < -0.4 is 9.64 Å². The maximum Gasteiger partial charge on any atom is 0.306 e. The van der Waals surface area contributed by atoms with Crippen LogP contribution in [0.1, 0.15) is 53.5 Å². The van der Waals surface area contributed by atoms with Gasteiger partial charge in [0.05, 0.1) is 11.6 Å². The quantitative estimate of drug-likeness (QED) is 0.409. The van der Waals surface area contributed by atoms with Crippen molar-refractivity contribution < 1.29 is 19.4 Å². The number of fused-ring (bicyclic) bond motifs is 1. The first kappa shape index (κ1) is 26.8. The largest absolute Gasteiger partial charge is 0.488 e. The number of carbonyl (C=O) groups is 1. The van der Waals surface area contributed by atoms with Gasteiger partial charge in [0.1, 0.15) is 18.2 Å². The number of aliphatic carboxylic acids is 1. The lowest BCUT2D eigenvalue weighted by molar-refractivity contribution is -0.142. The van der Waals surface area contributed by atoms with E-state index in [9.17, 15) is 9.90 Å². The Morgan fingerprint density at radius 2 is 1.77 bits per heavy atom. The van der Waals surface area contributed by atoms with E-state index < -0.39 is 5.97 Å². The molecule has 2 saturated heterocycles. The number of nitrogens with zero attached hydrogens (tertiary/aromatic N) is 3. The van der Waals surface area contributed by atoms with Gasteiger partial charge in [-0.3, -0.25) is 9.69 Å². The molecule has 0 aliphatic carbocycles. The fourth-order valence-corrected chi connectivity index (χ4v) is 6.51. The standard InChI is InChI=1S/C33H39N3O4/c1-22-5-3-6-28(30-7-4-8-31(34-30)35-13-9-25(10-14-35)33(37)38)32(22)40-21-24-17-23(2)29-20-36(19-26(29)18-24)27-11-15-39-16-12-27/h3-8,17-18,25,27H,9-16,19-21H2,1-2H3,(H,37,38). The summed E-state index contributed by atoms with van der Waals surface area (Å²) in [6.07, 6.45) is 3.53. The molecule has 1 aromatic heterocycles. The topological polar surface area (TPSA) is 75.1 Å². The molecule has 0 unspecified atom stereocenters. The van der Waals surface area contributed by atoms with Gasteiger partial charge in [0, 0.05) is 51.0 Å². The first-order valence-corrected chi connectivity index (χ1v) is 14.6. The Morgan fingerprint density at radius 3 is 2.55 bits per heavy atom. The Hall–Kier alpha value is -3.42.